The molecule has 1 heterocycles. The molecule has 1 aromatic heterocycles. The number of carbonyl (C=O) groups is 1. The first-order valence-corrected chi connectivity index (χ1v) is 12.8. The summed E-state index contributed by atoms with van der Waals surface area (Å²) in [5.74, 6) is 1.27. The van der Waals surface area contributed by atoms with Gasteiger partial charge in [-0.3, -0.25) is 9.48 Å². The van der Waals surface area contributed by atoms with Crippen LogP contribution in [0, 0.1) is 20.8 Å². The van der Waals surface area contributed by atoms with E-state index in [4.69, 9.17) is 9.47 Å². The van der Waals surface area contributed by atoms with Crippen molar-refractivity contribution in [2.24, 2.45) is 0 Å². The smallest absolute Gasteiger partial charge is 0.248 e. The molecule has 0 radical (unpaired) electrons. The molecule has 0 atom stereocenters. The van der Waals surface area contributed by atoms with Crippen molar-refractivity contribution in [3.8, 4) is 11.5 Å². The number of nitrogens with one attached hydrogen (secondary N) is 1. The molecule has 0 spiro atoms. The molecule has 0 aliphatic rings. The predicted octanol–water partition coefficient (Wildman–Crippen LogP) is 6.86. The minimum atomic E-state index is -0.217. The van der Waals surface area contributed by atoms with Crippen molar-refractivity contribution in [2.75, 3.05) is 12.4 Å². The van der Waals surface area contributed by atoms with Crippen LogP contribution >= 0.6 is 15.9 Å². The highest BCUT2D eigenvalue weighted by Gasteiger charge is 2.14. The van der Waals surface area contributed by atoms with Crippen molar-refractivity contribution in [1.29, 1.82) is 0 Å². The minimum absolute atomic E-state index is 0.217. The normalized spacial score (nSPS) is 11.1. The number of hydrogen-bond acceptors (Lipinski definition) is 4. The number of hydrogen-bond donors (Lipinski definition) is 1. The highest BCUT2D eigenvalue weighted by molar-refractivity contribution is 9.10. The van der Waals surface area contributed by atoms with Gasteiger partial charge < -0.3 is 14.8 Å². The second-order valence-corrected chi connectivity index (χ2v) is 9.68. The van der Waals surface area contributed by atoms with E-state index >= 15 is 0 Å². The van der Waals surface area contributed by atoms with E-state index in [0.717, 1.165) is 44.2 Å². The highest BCUT2D eigenvalue weighted by atomic mass is 79.9. The van der Waals surface area contributed by atoms with E-state index in [1.807, 2.05) is 73.1 Å². The van der Waals surface area contributed by atoms with Crippen LogP contribution in [-0.4, -0.2) is 22.8 Å². The number of halogens is 1. The predicted molar refractivity (Wildman–Crippen MR) is 151 cm³/mol. The van der Waals surface area contributed by atoms with Gasteiger partial charge in [-0.25, -0.2) is 0 Å². The average molecular weight is 560 g/mol. The summed E-state index contributed by atoms with van der Waals surface area (Å²) in [6.07, 6.45) is 3.30. The van der Waals surface area contributed by atoms with Crippen LogP contribution in [0.1, 0.15) is 33.6 Å². The first-order chi connectivity index (χ1) is 17.8. The second-order valence-electron chi connectivity index (χ2n) is 8.77. The standard InChI is InChI=1S/C30H30BrN3O3/c1-20-7-5-6-8-24(20)18-34-22(3)30(21(2)33-34)32-29(35)16-10-23-9-15-28(36-4)25(17-23)19-37-27-13-11-26(31)12-14-27/h5-17H,18-19H2,1-4H3,(H,32,35). The number of anilines is 1. The molecule has 1 amide bonds. The van der Waals surface area contributed by atoms with Crippen LogP contribution in [0.3, 0.4) is 0 Å². The summed E-state index contributed by atoms with van der Waals surface area (Å²) < 4.78 is 14.3. The molecule has 3 aromatic carbocycles. The van der Waals surface area contributed by atoms with Crippen molar-refractivity contribution in [2.45, 2.75) is 33.9 Å². The molecule has 190 valence electrons. The van der Waals surface area contributed by atoms with Crippen molar-refractivity contribution in [3.05, 3.63) is 111 Å². The molecule has 0 aliphatic heterocycles. The first-order valence-electron chi connectivity index (χ1n) is 12.0. The maximum atomic E-state index is 12.8. The fourth-order valence-electron chi connectivity index (χ4n) is 4.02. The van der Waals surface area contributed by atoms with Gasteiger partial charge in [0.05, 0.1) is 30.7 Å². The molecule has 1 N–H and O–H groups in total. The average Bonchev–Trinajstić information content (AvgIpc) is 3.15. The molecule has 6 nitrogen and oxygen atoms in total. The molecule has 0 saturated heterocycles. The number of ether oxygens (including phenoxy) is 2. The molecular formula is C30H30BrN3O3. The molecule has 37 heavy (non-hydrogen) atoms. The number of aryl methyl sites for hydroxylation is 2. The summed E-state index contributed by atoms with van der Waals surface area (Å²) >= 11 is 3.43. The number of benzene rings is 3. The van der Waals surface area contributed by atoms with Crippen LogP contribution in [-0.2, 0) is 17.9 Å². The topological polar surface area (TPSA) is 65.4 Å². The molecule has 0 bridgehead atoms. The Kier molecular flexibility index (Phi) is 8.46. The van der Waals surface area contributed by atoms with E-state index < -0.39 is 0 Å². The Morgan fingerprint density at radius 1 is 1.03 bits per heavy atom. The Morgan fingerprint density at radius 3 is 2.51 bits per heavy atom. The lowest BCUT2D eigenvalue weighted by molar-refractivity contribution is -0.111. The maximum absolute atomic E-state index is 12.8. The quantitative estimate of drug-likeness (QED) is 0.227. The van der Waals surface area contributed by atoms with Crippen molar-refractivity contribution < 1.29 is 14.3 Å². The van der Waals surface area contributed by atoms with Crippen molar-refractivity contribution >= 4 is 33.6 Å². The zero-order chi connectivity index (χ0) is 26.4. The van der Waals surface area contributed by atoms with Gasteiger partial charge in [0, 0.05) is 16.1 Å². The van der Waals surface area contributed by atoms with Gasteiger partial charge in [-0.05, 0) is 79.9 Å². The SMILES string of the molecule is COc1ccc(C=CC(=O)Nc2c(C)nn(Cc3ccccc3C)c2C)cc1COc1ccc(Br)cc1. The number of rotatable bonds is 9. The van der Waals surface area contributed by atoms with Gasteiger partial charge in [0.15, 0.2) is 0 Å². The number of amides is 1. The number of aromatic nitrogens is 2. The summed E-state index contributed by atoms with van der Waals surface area (Å²) in [5.41, 5.74) is 6.60. The van der Waals surface area contributed by atoms with Gasteiger partial charge in [-0.2, -0.15) is 5.10 Å². The Morgan fingerprint density at radius 2 is 1.78 bits per heavy atom. The van der Waals surface area contributed by atoms with Gasteiger partial charge in [-0.1, -0.05) is 46.3 Å². The van der Waals surface area contributed by atoms with E-state index in [2.05, 4.69) is 45.4 Å². The third-order valence-corrected chi connectivity index (χ3v) is 6.68. The van der Waals surface area contributed by atoms with Crippen LogP contribution in [0.25, 0.3) is 6.08 Å². The van der Waals surface area contributed by atoms with Gasteiger partial charge in [-0.15, -0.1) is 0 Å². The number of nitrogens with zero attached hydrogens (tertiary/aromatic N) is 2. The molecule has 4 rings (SSSR count). The molecular weight excluding hydrogens is 530 g/mol. The zero-order valence-corrected chi connectivity index (χ0v) is 23.0. The lowest BCUT2D eigenvalue weighted by atomic mass is 10.1. The summed E-state index contributed by atoms with van der Waals surface area (Å²) in [6, 6.07) is 21.6. The van der Waals surface area contributed by atoms with Crippen LogP contribution in [0.4, 0.5) is 5.69 Å². The third kappa shape index (κ3) is 6.68. The number of carbonyl (C=O) groups excluding carboxylic acids is 1. The second kappa shape index (κ2) is 11.9. The first kappa shape index (κ1) is 26.2. The number of methoxy groups -OCH3 is 1. The van der Waals surface area contributed by atoms with Crippen LogP contribution < -0.4 is 14.8 Å². The Hall–Kier alpha value is -3.84. The summed E-state index contributed by atoms with van der Waals surface area (Å²) in [4.78, 5) is 12.8. The van der Waals surface area contributed by atoms with Gasteiger partial charge in [0.25, 0.3) is 0 Å². The van der Waals surface area contributed by atoms with Crippen molar-refractivity contribution in [1.82, 2.24) is 9.78 Å². The Bertz CT molecular complexity index is 1420. The van der Waals surface area contributed by atoms with Crippen LogP contribution in [0.2, 0.25) is 0 Å². The van der Waals surface area contributed by atoms with E-state index in [0.29, 0.717) is 13.2 Å². The van der Waals surface area contributed by atoms with E-state index in [1.165, 1.54) is 17.2 Å². The highest BCUT2D eigenvalue weighted by Crippen LogP contribution is 2.25. The van der Waals surface area contributed by atoms with Gasteiger partial charge in [0.2, 0.25) is 5.91 Å². The van der Waals surface area contributed by atoms with Gasteiger partial charge >= 0.3 is 0 Å². The van der Waals surface area contributed by atoms with E-state index in [-0.39, 0.29) is 5.91 Å². The largest absolute Gasteiger partial charge is 0.496 e. The fraction of sp³-hybridized carbons (Fsp3) is 0.200. The van der Waals surface area contributed by atoms with Crippen LogP contribution in [0.15, 0.2) is 77.3 Å². The van der Waals surface area contributed by atoms with Gasteiger partial charge in [0.1, 0.15) is 18.1 Å². The summed E-state index contributed by atoms with van der Waals surface area (Å²) in [5, 5.41) is 7.64. The molecule has 0 unspecified atom stereocenters. The van der Waals surface area contributed by atoms with E-state index in [9.17, 15) is 4.79 Å². The Labute approximate surface area is 226 Å². The lowest BCUT2D eigenvalue weighted by Gasteiger charge is -2.11. The zero-order valence-electron chi connectivity index (χ0n) is 21.4. The Balaban J connectivity index is 1.43. The summed E-state index contributed by atoms with van der Waals surface area (Å²) in [6.45, 7) is 6.96. The molecule has 0 aliphatic carbocycles. The molecule has 0 fully saturated rings. The fourth-order valence-corrected chi connectivity index (χ4v) is 4.29. The minimum Gasteiger partial charge on any atom is -0.496 e. The summed E-state index contributed by atoms with van der Waals surface area (Å²) in [7, 11) is 1.63. The molecule has 7 heteroatoms. The third-order valence-electron chi connectivity index (χ3n) is 6.15. The molecule has 0 saturated carbocycles. The monoisotopic (exact) mass is 559 g/mol. The maximum Gasteiger partial charge on any atom is 0.248 e. The lowest BCUT2D eigenvalue weighted by Crippen LogP contribution is -2.10. The van der Waals surface area contributed by atoms with Crippen molar-refractivity contribution in [3.63, 3.8) is 0 Å². The van der Waals surface area contributed by atoms with E-state index in [1.54, 1.807) is 13.2 Å². The molecule has 4 aromatic rings. The van der Waals surface area contributed by atoms with Crippen LogP contribution in [0.5, 0.6) is 11.5 Å².